The fourth-order valence-corrected chi connectivity index (χ4v) is 5.44. The van der Waals surface area contributed by atoms with Crippen LogP contribution in [0.2, 0.25) is 0 Å². The summed E-state index contributed by atoms with van der Waals surface area (Å²) in [4.78, 5) is 25.1. The zero-order chi connectivity index (χ0) is 30.9. The molecule has 0 fully saturated rings. The smallest absolute Gasteiger partial charge is 0.381 e. The van der Waals surface area contributed by atoms with Crippen LogP contribution in [-0.2, 0) is 11.2 Å². The maximum atomic E-state index is 14.5. The zero-order valence-electron chi connectivity index (χ0n) is 23.8. The third-order valence-electron chi connectivity index (χ3n) is 7.80. The summed E-state index contributed by atoms with van der Waals surface area (Å²) < 4.78 is 45.1. The van der Waals surface area contributed by atoms with Crippen molar-refractivity contribution in [2.75, 3.05) is 29.9 Å². The number of carbonyl (C=O) groups is 2. The van der Waals surface area contributed by atoms with E-state index in [0.717, 1.165) is 17.5 Å². The Morgan fingerprint density at radius 3 is 2.63 bits per heavy atom. The summed E-state index contributed by atoms with van der Waals surface area (Å²) in [5.74, 6) is -1.17. The summed E-state index contributed by atoms with van der Waals surface area (Å²) in [6.45, 7) is 1.96. The van der Waals surface area contributed by atoms with E-state index >= 15 is 0 Å². The van der Waals surface area contributed by atoms with Gasteiger partial charge in [0.15, 0.2) is 5.60 Å². The molecule has 0 saturated heterocycles. The Bertz CT molecular complexity index is 1670. The van der Waals surface area contributed by atoms with E-state index in [2.05, 4.69) is 15.7 Å². The maximum absolute atomic E-state index is 14.5. The summed E-state index contributed by atoms with van der Waals surface area (Å²) in [5, 5.41) is 21.5. The van der Waals surface area contributed by atoms with Crippen LogP contribution in [0.4, 0.5) is 24.5 Å². The van der Waals surface area contributed by atoms with Gasteiger partial charge in [-0.25, -0.2) is 4.68 Å². The van der Waals surface area contributed by atoms with E-state index < -0.39 is 36.7 Å². The van der Waals surface area contributed by atoms with E-state index in [1.165, 1.54) is 6.20 Å². The number of carbonyl (C=O) groups excluding carboxylic acids is 2. The van der Waals surface area contributed by atoms with E-state index in [1.54, 1.807) is 59.0 Å². The Labute approximate surface area is 246 Å². The van der Waals surface area contributed by atoms with Gasteiger partial charge in [-0.05, 0) is 74.2 Å². The van der Waals surface area contributed by atoms with E-state index in [-0.39, 0.29) is 18.2 Å². The number of nitrogens with zero attached hydrogens (tertiary/aromatic N) is 3. The number of halogens is 3. The number of nitrogens with one attached hydrogen (secondary N) is 2. The maximum Gasteiger partial charge on any atom is 0.420 e. The first kappa shape index (κ1) is 29.9. The molecule has 226 valence electrons. The van der Waals surface area contributed by atoms with Crippen LogP contribution in [0.1, 0.15) is 34.8 Å². The quantitative estimate of drug-likeness (QED) is 0.231. The normalized spacial score (nSPS) is 16.4. The van der Waals surface area contributed by atoms with Crippen LogP contribution in [0, 0.1) is 6.92 Å². The predicted molar refractivity (Wildman–Crippen MR) is 158 cm³/mol. The minimum absolute atomic E-state index is 0.179. The van der Waals surface area contributed by atoms with Gasteiger partial charge in [-0.2, -0.15) is 18.3 Å². The molecule has 4 aromatic rings. The minimum atomic E-state index is -4.91. The number of alkyl halides is 3. The molecule has 2 heterocycles. The summed E-state index contributed by atoms with van der Waals surface area (Å²) in [7, 11) is 0. The number of hydrogen-bond donors (Lipinski definition) is 4. The molecule has 1 aromatic heterocycles. The van der Waals surface area contributed by atoms with Gasteiger partial charge in [-0.15, -0.1) is 0 Å². The van der Waals surface area contributed by atoms with Gasteiger partial charge in [0.25, 0.3) is 5.91 Å². The molecule has 2 amide bonds. The lowest BCUT2D eigenvalue weighted by molar-refractivity contribution is -0.250. The fourth-order valence-electron chi connectivity index (χ4n) is 5.44. The number of hydrogen-bond acceptors (Lipinski definition) is 6. The first-order chi connectivity index (χ1) is 20.4. The molecule has 1 aliphatic rings. The molecule has 5 rings (SSSR count). The van der Waals surface area contributed by atoms with Crippen molar-refractivity contribution in [3.8, 4) is 5.69 Å². The molecule has 2 atom stereocenters. The van der Waals surface area contributed by atoms with Crippen molar-refractivity contribution in [1.82, 2.24) is 15.1 Å². The number of anilines is 2. The first-order valence-corrected chi connectivity index (χ1v) is 13.9. The highest BCUT2D eigenvalue weighted by Gasteiger charge is 2.55. The lowest BCUT2D eigenvalue weighted by Gasteiger charge is -2.43. The van der Waals surface area contributed by atoms with Gasteiger partial charge in [-0.1, -0.05) is 24.3 Å². The van der Waals surface area contributed by atoms with Crippen LogP contribution < -0.4 is 21.3 Å². The van der Waals surface area contributed by atoms with Gasteiger partial charge < -0.3 is 26.4 Å². The van der Waals surface area contributed by atoms with Crippen LogP contribution >= 0.6 is 0 Å². The van der Waals surface area contributed by atoms with Crippen LogP contribution in [-0.4, -0.2) is 64.2 Å². The zero-order valence-corrected chi connectivity index (χ0v) is 23.8. The molecule has 0 spiro atoms. The first-order valence-electron chi connectivity index (χ1n) is 13.9. The molecule has 0 bridgehead atoms. The Morgan fingerprint density at radius 1 is 1.12 bits per heavy atom. The molecular formula is C31H33F3N6O3. The molecule has 43 heavy (non-hydrogen) atoms. The number of rotatable bonds is 9. The molecular weight excluding hydrogens is 561 g/mol. The largest absolute Gasteiger partial charge is 0.420 e. The second kappa shape index (κ2) is 11.6. The minimum Gasteiger partial charge on any atom is -0.381 e. The molecule has 1 aliphatic heterocycles. The van der Waals surface area contributed by atoms with Gasteiger partial charge in [0.05, 0.1) is 37.0 Å². The summed E-state index contributed by atoms with van der Waals surface area (Å²) in [6.07, 6.45) is -1.94. The Balaban J connectivity index is 1.43. The summed E-state index contributed by atoms with van der Waals surface area (Å²) >= 11 is 0. The lowest BCUT2D eigenvalue weighted by atomic mass is 9.93. The lowest BCUT2D eigenvalue weighted by Crippen LogP contribution is -2.59. The number of para-hydroxylation sites is 1. The molecule has 5 N–H and O–H groups in total. The molecule has 0 saturated carbocycles. The van der Waals surface area contributed by atoms with Crippen molar-refractivity contribution in [3.05, 3.63) is 83.6 Å². The van der Waals surface area contributed by atoms with Crippen LogP contribution in [0.15, 0.2) is 66.9 Å². The molecule has 2 unspecified atom stereocenters. The number of benzene rings is 3. The van der Waals surface area contributed by atoms with Crippen molar-refractivity contribution in [1.29, 1.82) is 0 Å². The number of β-amino-alcohol motifs (C(OH)–C–C–N with tert-alkyl or cyclic N) is 1. The number of primary amides is 1. The van der Waals surface area contributed by atoms with Crippen molar-refractivity contribution in [2.45, 2.75) is 44.5 Å². The summed E-state index contributed by atoms with van der Waals surface area (Å²) in [5.41, 5.74) is 6.25. The Hall–Kier alpha value is -4.58. The van der Waals surface area contributed by atoms with Crippen LogP contribution in [0.3, 0.4) is 0 Å². The fraction of sp³-hybridized carbons (Fsp3) is 0.323. The second-order valence-electron chi connectivity index (χ2n) is 11.0. The molecule has 9 nitrogen and oxygen atoms in total. The number of amides is 2. The standard InChI is InChI=1S/C31H33F3N6O3/c1-19-12-25(24-15-38-40(27(24)13-19)23-8-5-7-22(14-23)29(42)36-16-28(35)41)37-17-30(43,31(32,33)34)18-39-20(2)10-11-21-6-3-4-9-26(21)39/h3-9,12-15,20,37,43H,10-11,16-18H2,1-2H3,(H2,35,41)(H,36,42). The van der Waals surface area contributed by atoms with Crippen molar-refractivity contribution < 1.29 is 27.9 Å². The van der Waals surface area contributed by atoms with Gasteiger partial charge in [0, 0.05) is 28.4 Å². The molecule has 0 radical (unpaired) electrons. The molecule has 3 aromatic carbocycles. The van der Waals surface area contributed by atoms with Gasteiger partial charge >= 0.3 is 6.18 Å². The third-order valence-corrected chi connectivity index (χ3v) is 7.80. The number of fused-ring (bicyclic) bond motifs is 2. The molecule has 0 aliphatic carbocycles. The van der Waals surface area contributed by atoms with Crippen molar-refractivity contribution >= 4 is 34.1 Å². The van der Waals surface area contributed by atoms with E-state index in [1.807, 2.05) is 25.1 Å². The van der Waals surface area contributed by atoms with Crippen molar-refractivity contribution in [2.24, 2.45) is 5.73 Å². The van der Waals surface area contributed by atoms with E-state index in [4.69, 9.17) is 5.73 Å². The van der Waals surface area contributed by atoms with E-state index in [9.17, 15) is 27.9 Å². The second-order valence-corrected chi connectivity index (χ2v) is 11.0. The monoisotopic (exact) mass is 594 g/mol. The Morgan fingerprint density at radius 2 is 1.88 bits per heavy atom. The highest BCUT2D eigenvalue weighted by atomic mass is 19.4. The topological polar surface area (TPSA) is 126 Å². The predicted octanol–water partition coefficient (Wildman–Crippen LogP) is 4.10. The van der Waals surface area contributed by atoms with Gasteiger partial charge in [0.1, 0.15) is 0 Å². The molecule has 12 heteroatoms. The third kappa shape index (κ3) is 6.14. The number of aryl methyl sites for hydroxylation is 2. The van der Waals surface area contributed by atoms with Gasteiger partial charge in [0.2, 0.25) is 5.91 Å². The highest BCUT2D eigenvalue weighted by Crippen LogP contribution is 2.38. The average molecular weight is 595 g/mol. The van der Waals surface area contributed by atoms with E-state index in [0.29, 0.717) is 34.4 Å². The highest BCUT2D eigenvalue weighted by molar-refractivity contribution is 5.97. The number of nitrogens with two attached hydrogens (primary N) is 1. The SMILES string of the molecule is Cc1cc(NCC(O)(CN2c3ccccc3CCC2C)C(F)(F)F)c2cnn(-c3cccc(C(=O)NCC(N)=O)c3)c2c1. The number of aliphatic hydroxyl groups is 1. The van der Waals surface area contributed by atoms with Crippen LogP contribution in [0.25, 0.3) is 16.6 Å². The van der Waals surface area contributed by atoms with Crippen molar-refractivity contribution in [3.63, 3.8) is 0 Å². The summed E-state index contributed by atoms with van der Waals surface area (Å²) in [6, 6.07) is 17.2. The van der Waals surface area contributed by atoms with Gasteiger partial charge in [-0.3, -0.25) is 9.59 Å². The van der Waals surface area contributed by atoms with Crippen LogP contribution in [0.5, 0.6) is 0 Å². The Kier molecular flexibility index (Phi) is 8.06. The average Bonchev–Trinajstić information content (AvgIpc) is 3.39. The number of aromatic nitrogens is 2.